The second kappa shape index (κ2) is 31.4. The maximum Gasteiger partial charge on any atom is 0.408 e. The van der Waals surface area contributed by atoms with Crippen LogP contribution in [0.1, 0.15) is 68.8 Å². The number of aromatic nitrogens is 12. The molecular formula is C60H57F12N15O15S3. The average molecular weight is 1550 g/mol. The van der Waals surface area contributed by atoms with Gasteiger partial charge < -0.3 is 44.2 Å². The monoisotopic (exact) mass is 1550 g/mol. The van der Waals surface area contributed by atoms with E-state index >= 15 is 0 Å². The van der Waals surface area contributed by atoms with E-state index in [1.807, 2.05) is 0 Å². The smallest absolute Gasteiger partial charge is 0.394 e. The zero-order valence-electron chi connectivity index (χ0n) is 53.7. The fourth-order valence-electron chi connectivity index (χ4n) is 10.7. The number of amides is 3. The highest BCUT2D eigenvalue weighted by Gasteiger charge is 2.41. The second-order valence-corrected chi connectivity index (χ2v) is 28.1. The predicted octanol–water partition coefficient (Wildman–Crippen LogP) is 4.83. The molecule has 30 nitrogen and oxygen atoms in total. The third kappa shape index (κ3) is 18.3. The van der Waals surface area contributed by atoms with Crippen molar-refractivity contribution < 1.29 is 122 Å². The van der Waals surface area contributed by atoms with E-state index in [0.717, 1.165) is 55.4 Å². The van der Waals surface area contributed by atoms with Gasteiger partial charge in [0.2, 0.25) is 0 Å². The molecule has 1 unspecified atom stereocenters. The molecule has 45 heteroatoms. The summed E-state index contributed by atoms with van der Waals surface area (Å²) >= 11 is 0. The molecule has 0 aliphatic carbocycles. The van der Waals surface area contributed by atoms with Gasteiger partial charge in [0, 0.05) is 90.2 Å². The van der Waals surface area contributed by atoms with Crippen molar-refractivity contribution in [3.05, 3.63) is 196 Å². The van der Waals surface area contributed by atoms with Crippen LogP contribution in [0.15, 0.2) is 143 Å². The Morgan fingerprint density at radius 2 is 0.638 bits per heavy atom. The molecule has 3 aromatic carbocycles. The van der Waals surface area contributed by atoms with Crippen LogP contribution in [0.25, 0.3) is 0 Å². The lowest BCUT2D eigenvalue weighted by Crippen LogP contribution is -2.33. The minimum Gasteiger partial charge on any atom is -0.394 e. The number of nitrogens with zero attached hydrogens (tertiary/aromatic N) is 15. The van der Waals surface area contributed by atoms with Crippen LogP contribution < -0.4 is 0 Å². The van der Waals surface area contributed by atoms with Crippen LogP contribution in [0.2, 0.25) is 0 Å². The van der Waals surface area contributed by atoms with E-state index in [1.54, 1.807) is 0 Å². The number of benzene rings is 3. The van der Waals surface area contributed by atoms with Crippen LogP contribution in [0.3, 0.4) is 0 Å². The number of aliphatic hydroxyl groups is 3. The first-order valence-electron chi connectivity index (χ1n) is 30.5. The first-order valence-corrected chi connectivity index (χ1v) is 34.9. The summed E-state index contributed by atoms with van der Waals surface area (Å²) in [5.74, 6) is -3.82. The predicted molar refractivity (Wildman–Crippen MR) is 329 cm³/mol. The summed E-state index contributed by atoms with van der Waals surface area (Å²) < 4.78 is 252. The molecule has 12 rings (SSSR count). The number of rotatable bonds is 24. The van der Waals surface area contributed by atoms with E-state index in [0.29, 0.717) is 43.0 Å². The molecule has 3 aliphatic rings. The Morgan fingerprint density at radius 3 is 0.857 bits per heavy atom. The number of alkyl halides is 9. The number of ether oxygens (including phenoxy) is 3. The summed E-state index contributed by atoms with van der Waals surface area (Å²) in [5, 5.41) is 47.7. The van der Waals surface area contributed by atoms with Gasteiger partial charge in [0.05, 0.1) is 76.4 Å². The first kappa shape index (κ1) is 77.7. The minimum atomic E-state index is -4.57. The molecule has 3 atom stereocenters. The highest BCUT2D eigenvalue weighted by molar-refractivity contribution is 7.90. The van der Waals surface area contributed by atoms with Gasteiger partial charge >= 0.3 is 48.6 Å². The largest absolute Gasteiger partial charge is 0.408 e. The SMILES string of the molecule is O=C(C(OCCO)c1ccccc1F)N1Cc2cn(S(=O)(=O)c3ccn(CC(F)(F)F)n3)nc2C1.O=C([C@@H](OCCO)c1ccccc1F)N1Cc2cn(S(=O)(=O)c3ccn(CC(F)(F)F)n3)nc2C1.O=C([C@H](OCCO)c1ccccc1F)N1Cc2cn(S(=O)(=O)c3ccn(CC(F)(F)F)n3)nc2C1. The molecule has 0 saturated carbocycles. The zero-order chi connectivity index (χ0) is 76.1. The third-order valence-corrected chi connectivity index (χ3v) is 19.7. The Balaban J connectivity index is 0.000000169. The number of hydrogen-bond donors (Lipinski definition) is 3. The third-order valence-electron chi connectivity index (χ3n) is 15.4. The van der Waals surface area contributed by atoms with Gasteiger partial charge in [0.1, 0.15) is 37.1 Å². The lowest BCUT2D eigenvalue weighted by molar-refractivity contribution is -0.146. The second-order valence-electron chi connectivity index (χ2n) is 22.9. The summed E-state index contributed by atoms with van der Waals surface area (Å²) in [6.45, 7) is -6.63. The molecule has 3 N–H and O–H groups in total. The molecule has 0 radical (unpaired) electrons. The molecule has 3 amide bonds. The van der Waals surface area contributed by atoms with Crippen LogP contribution in [0, 0.1) is 17.5 Å². The Labute approximate surface area is 585 Å². The minimum absolute atomic E-state index is 0.0161. The number of hydrogen-bond acceptors (Lipinski definition) is 21. The highest BCUT2D eigenvalue weighted by atomic mass is 32.2. The average Bonchev–Trinajstić information content (AvgIpc) is 1.63. The molecule has 0 saturated heterocycles. The normalized spacial score (nSPS) is 14.8. The Morgan fingerprint density at radius 1 is 0.390 bits per heavy atom. The van der Waals surface area contributed by atoms with E-state index in [2.05, 4.69) is 30.6 Å². The molecule has 9 aromatic rings. The van der Waals surface area contributed by atoms with Crippen molar-refractivity contribution in [1.29, 1.82) is 0 Å². The Hall–Kier alpha value is -9.90. The fourth-order valence-corrected chi connectivity index (χ4v) is 14.0. The van der Waals surface area contributed by atoms with Crippen molar-refractivity contribution in [1.82, 2.24) is 71.6 Å². The van der Waals surface area contributed by atoms with Crippen LogP contribution in [-0.4, -0.2) is 188 Å². The molecule has 0 fully saturated rings. The van der Waals surface area contributed by atoms with Crippen molar-refractivity contribution in [2.24, 2.45) is 0 Å². The van der Waals surface area contributed by atoms with E-state index in [1.165, 1.54) is 87.5 Å². The number of fused-ring (bicyclic) bond motifs is 3. The quantitative estimate of drug-likeness (QED) is 0.0682. The van der Waals surface area contributed by atoms with Crippen molar-refractivity contribution in [2.45, 2.75) is 111 Å². The summed E-state index contributed by atoms with van der Waals surface area (Å²) in [7, 11) is -13.1. The van der Waals surface area contributed by atoms with Gasteiger partial charge in [-0.25, -0.2) is 13.2 Å². The Kier molecular flexibility index (Phi) is 23.3. The van der Waals surface area contributed by atoms with Crippen molar-refractivity contribution in [3.8, 4) is 0 Å². The Bertz CT molecular complexity index is 4430. The van der Waals surface area contributed by atoms with Gasteiger partial charge in [-0.15, -0.1) is 0 Å². The molecule has 6 aromatic heterocycles. The number of carbonyl (C=O) groups is 3. The van der Waals surface area contributed by atoms with Gasteiger partial charge in [-0.1, -0.05) is 54.6 Å². The molecular weight excluding hydrogens is 1490 g/mol. The van der Waals surface area contributed by atoms with E-state index in [-0.39, 0.29) is 113 Å². The number of aliphatic hydroxyl groups excluding tert-OH is 3. The van der Waals surface area contributed by atoms with Gasteiger partial charge in [-0.05, 0) is 36.4 Å². The van der Waals surface area contributed by atoms with Gasteiger partial charge in [-0.3, -0.25) is 28.4 Å². The molecule has 105 heavy (non-hydrogen) atoms. The van der Waals surface area contributed by atoms with E-state index in [9.17, 15) is 92.3 Å². The fraction of sp³-hybridized carbons (Fsp3) is 0.350. The highest BCUT2D eigenvalue weighted by Crippen LogP contribution is 2.34. The van der Waals surface area contributed by atoms with Gasteiger partial charge in [0.25, 0.3) is 17.7 Å². The topological polar surface area (TPSA) is 359 Å². The maximum absolute atomic E-state index is 14.3. The molecule has 0 bridgehead atoms. The molecule has 3 aliphatic heterocycles. The van der Waals surface area contributed by atoms with Crippen molar-refractivity contribution >= 4 is 47.8 Å². The van der Waals surface area contributed by atoms with Crippen LogP contribution in [0.5, 0.6) is 0 Å². The van der Waals surface area contributed by atoms with Crippen molar-refractivity contribution in [2.75, 3.05) is 39.6 Å². The lowest BCUT2D eigenvalue weighted by atomic mass is 10.1. The molecule has 0 spiro atoms. The van der Waals surface area contributed by atoms with Crippen LogP contribution in [-0.2, 0) is 118 Å². The number of carbonyl (C=O) groups excluding carboxylic acids is 3. The molecule has 564 valence electrons. The number of halogens is 12. The summed E-state index contributed by atoms with van der Waals surface area (Å²) in [6.07, 6.45) is -11.6. The summed E-state index contributed by atoms with van der Waals surface area (Å²) in [4.78, 5) is 43.1. The molecule has 9 heterocycles. The first-order chi connectivity index (χ1) is 49.5. The standard InChI is InChI=1S/3C20H19F4N5O5S/c3*21-15-4-2-1-3-14(15)18(34-8-7-30)19(31)27-9-13-10-29(25-16(13)11-27)35(32,33)17-5-6-28(26-17)12-20(22,23)24/h3*1-6,10,18,30H,7-9,11-12H2/t2*18-;/m10./s1. The maximum atomic E-state index is 14.3. The van der Waals surface area contributed by atoms with E-state index in [4.69, 9.17) is 29.5 Å². The summed E-state index contributed by atoms with van der Waals surface area (Å²) in [5.41, 5.74) is 1.82. The zero-order valence-corrected chi connectivity index (χ0v) is 56.1. The van der Waals surface area contributed by atoms with Crippen LogP contribution in [0.4, 0.5) is 52.7 Å². The van der Waals surface area contributed by atoms with Crippen LogP contribution >= 0.6 is 0 Å². The lowest BCUT2D eigenvalue weighted by Gasteiger charge is -2.24. The van der Waals surface area contributed by atoms with Crippen molar-refractivity contribution in [3.63, 3.8) is 0 Å². The summed E-state index contributed by atoms with van der Waals surface area (Å²) in [6, 6.07) is 19.4. The van der Waals surface area contributed by atoms with E-state index < -0.39 is 137 Å². The van der Waals surface area contributed by atoms with Gasteiger partial charge in [-0.2, -0.15) is 108 Å². The van der Waals surface area contributed by atoms with Gasteiger partial charge in [0.15, 0.2) is 33.4 Å².